The molecule has 0 aliphatic heterocycles. The van der Waals surface area contributed by atoms with Crippen LogP contribution in [0.4, 0.5) is 0 Å². The summed E-state index contributed by atoms with van der Waals surface area (Å²) >= 11 is 0. The Bertz CT molecular complexity index is 317. The summed E-state index contributed by atoms with van der Waals surface area (Å²) in [4.78, 5) is 2.08. The van der Waals surface area contributed by atoms with E-state index in [2.05, 4.69) is 4.90 Å². The predicted octanol–water partition coefficient (Wildman–Crippen LogP) is 1.63. The van der Waals surface area contributed by atoms with E-state index in [1.54, 1.807) is 6.08 Å². The van der Waals surface area contributed by atoms with Crippen molar-refractivity contribution < 1.29 is 9.84 Å². The number of nitrogens with zero attached hydrogens (tertiary/aromatic N) is 1. The Balaban J connectivity index is 2.42. The molecule has 0 aliphatic rings. The van der Waals surface area contributed by atoms with Gasteiger partial charge in [-0.25, -0.2) is 0 Å². The van der Waals surface area contributed by atoms with Gasteiger partial charge in [-0.3, -0.25) is 0 Å². The topological polar surface area (TPSA) is 32.7 Å². The van der Waals surface area contributed by atoms with Crippen LogP contribution in [0.25, 0.3) is 6.08 Å². The van der Waals surface area contributed by atoms with E-state index in [0.717, 1.165) is 17.9 Å². The Morgan fingerprint density at radius 3 is 2.50 bits per heavy atom. The van der Waals surface area contributed by atoms with Crippen LogP contribution in [0.2, 0.25) is 0 Å². The molecule has 0 fully saturated rings. The fraction of sp³-hybridized carbons (Fsp3) is 0.385. The maximum Gasteiger partial charge on any atom is 0.119 e. The summed E-state index contributed by atoms with van der Waals surface area (Å²) in [6, 6.07) is 7.81. The first-order valence-electron chi connectivity index (χ1n) is 5.37. The van der Waals surface area contributed by atoms with E-state index in [0.29, 0.717) is 6.61 Å². The van der Waals surface area contributed by atoms with E-state index >= 15 is 0 Å². The molecule has 0 aliphatic carbocycles. The molecule has 3 nitrogen and oxygen atoms in total. The smallest absolute Gasteiger partial charge is 0.119 e. The van der Waals surface area contributed by atoms with Crippen LogP contribution < -0.4 is 4.74 Å². The second-order valence-electron chi connectivity index (χ2n) is 3.81. The van der Waals surface area contributed by atoms with Gasteiger partial charge < -0.3 is 14.7 Å². The Labute approximate surface area is 97.0 Å². The fourth-order valence-electron chi connectivity index (χ4n) is 1.21. The highest BCUT2D eigenvalue weighted by Gasteiger charge is 1.94. The van der Waals surface area contributed by atoms with Gasteiger partial charge in [0.1, 0.15) is 12.4 Å². The Morgan fingerprint density at radius 1 is 1.25 bits per heavy atom. The molecule has 1 aromatic carbocycles. The van der Waals surface area contributed by atoms with Gasteiger partial charge in [-0.1, -0.05) is 24.3 Å². The third kappa shape index (κ3) is 4.96. The SMILES string of the molecule is CN(C)CCOc1ccc(C=CCO)cc1. The zero-order valence-corrected chi connectivity index (χ0v) is 9.89. The highest BCUT2D eigenvalue weighted by atomic mass is 16.5. The van der Waals surface area contributed by atoms with E-state index in [4.69, 9.17) is 9.84 Å². The van der Waals surface area contributed by atoms with Crippen molar-refractivity contribution in [1.82, 2.24) is 4.90 Å². The third-order valence-electron chi connectivity index (χ3n) is 2.10. The molecule has 1 rings (SSSR count). The average molecular weight is 221 g/mol. The molecule has 0 atom stereocenters. The first-order valence-corrected chi connectivity index (χ1v) is 5.37. The van der Waals surface area contributed by atoms with Gasteiger partial charge in [0.2, 0.25) is 0 Å². The fourth-order valence-corrected chi connectivity index (χ4v) is 1.21. The lowest BCUT2D eigenvalue weighted by Crippen LogP contribution is -2.19. The van der Waals surface area contributed by atoms with E-state index in [-0.39, 0.29) is 6.61 Å². The molecular weight excluding hydrogens is 202 g/mol. The van der Waals surface area contributed by atoms with Gasteiger partial charge in [-0.05, 0) is 31.8 Å². The molecular formula is C13H19NO2. The molecule has 0 amide bonds. The number of likely N-dealkylation sites (N-methyl/N-ethyl adjacent to an activating group) is 1. The van der Waals surface area contributed by atoms with Crippen molar-refractivity contribution >= 4 is 6.08 Å². The van der Waals surface area contributed by atoms with Gasteiger partial charge in [0.25, 0.3) is 0 Å². The first kappa shape index (κ1) is 12.7. The molecule has 0 unspecified atom stereocenters. The lowest BCUT2D eigenvalue weighted by Gasteiger charge is -2.10. The number of benzene rings is 1. The summed E-state index contributed by atoms with van der Waals surface area (Å²) in [6.07, 6.45) is 3.59. The van der Waals surface area contributed by atoms with Crippen LogP contribution in [-0.4, -0.2) is 43.9 Å². The maximum atomic E-state index is 8.63. The minimum atomic E-state index is 0.0705. The quantitative estimate of drug-likeness (QED) is 0.792. The summed E-state index contributed by atoms with van der Waals surface area (Å²) in [5, 5.41) is 8.63. The number of ether oxygens (including phenoxy) is 1. The molecule has 0 heterocycles. The van der Waals surface area contributed by atoms with E-state index in [9.17, 15) is 0 Å². The minimum absolute atomic E-state index is 0.0705. The first-order chi connectivity index (χ1) is 7.72. The molecule has 0 saturated carbocycles. The summed E-state index contributed by atoms with van der Waals surface area (Å²) in [7, 11) is 4.04. The van der Waals surface area contributed by atoms with Crippen molar-refractivity contribution in [2.45, 2.75) is 0 Å². The largest absolute Gasteiger partial charge is 0.492 e. The molecule has 0 bridgehead atoms. The van der Waals surface area contributed by atoms with Crippen LogP contribution in [0.1, 0.15) is 5.56 Å². The second-order valence-corrected chi connectivity index (χ2v) is 3.81. The third-order valence-corrected chi connectivity index (χ3v) is 2.10. The van der Waals surface area contributed by atoms with Crippen molar-refractivity contribution in [3.63, 3.8) is 0 Å². The van der Waals surface area contributed by atoms with Gasteiger partial charge in [0.05, 0.1) is 6.61 Å². The van der Waals surface area contributed by atoms with Crippen molar-refractivity contribution in [3.05, 3.63) is 35.9 Å². The Morgan fingerprint density at radius 2 is 1.94 bits per heavy atom. The number of rotatable bonds is 6. The number of hydrogen-bond acceptors (Lipinski definition) is 3. The predicted molar refractivity (Wildman–Crippen MR) is 66.6 cm³/mol. The summed E-state index contributed by atoms with van der Waals surface area (Å²) in [5.74, 6) is 0.878. The molecule has 0 radical (unpaired) electrons. The normalized spacial score (nSPS) is 11.2. The van der Waals surface area contributed by atoms with Gasteiger partial charge >= 0.3 is 0 Å². The van der Waals surface area contributed by atoms with Crippen molar-refractivity contribution in [1.29, 1.82) is 0 Å². The van der Waals surface area contributed by atoms with Gasteiger partial charge in [-0.15, -0.1) is 0 Å². The van der Waals surface area contributed by atoms with Crippen LogP contribution in [0.3, 0.4) is 0 Å². The van der Waals surface area contributed by atoms with Crippen LogP contribution in [0.15, 0.2) is 30.3 Å². The van der Waals surface area contributed by atoms with Gasteiger partial charge in [0.15, 0.2) is 0 Å². The summed E-state index contributed by atoms with van der Waals surface area (Å²) < 4.78 is 5.56. The zero-order chi connectivity index (χ0) is 11.8. The Kier molecular flexibility index (Phi) is 5.61. The second kappa shape index (κ2) is 7.04. The molecule has 1 N–H and O–H groups in total. The van der Waals surface area contributed by atoms with Crippen LogP contribution in [-0.2, 0) is 0 Å². The van der Waals surface area contributed by atoms with E-state index in [1.807, 2.05) is 44.4 Å². The number of aliphatic hydroxyl groups excluding tert-OH is 1. The highest BCUT2D eigenvalue weighted by molar-refractivity contribution is 5.50. The maximum absolute atomic E-state index is 8.63. The highest BCUT2D eigenvalue weighted by Crippen LogP contribution is 2.12. The average Bonchev–Trinajstić information content (AvgIpc) is 2.27. The Hall–Kier alpha value is -1.32. The molecule has 16 heavy (non-hydrogen) atoms. The van der Waals surface area contributed by atoms with E-state index < -0.39 is 0 Å². The van der Waals surface area contributed by atoms with Crippen LogP contribution >= 0.6 is 0 Å². The molecule has 3 heteroatoms. The minimum Gasteiger partial charge on any atom is -0.492 e. The van der Waals surface area contributed by atoms with Crippen molar-refractivity contribution in [2.24, 2.45) is 0 Å². The van der Waals surface area contributed by atoms with Crippen molar-refractivity contribution in [2.75, 3.05) is 33.9 Å². The summed E-state index contributed by atoms with van der Waals surface area (Å²) in [5.41, 5.74) is 1.06. The molecule has 0 spiro atoms. The molecule has 88 valence electrons. The standard InChI is InChI=1S/C13H19NO2/c1-14(2)9-11-16-13-7-5-12(6-8-13)4-3-10-15/h3-8,15H,9-11H2,1-2H3. The lowest BCUT2D eigenvalue weighted by atomic mass is 10.2. The van der Waals surface area contributed by atoms with E-state index in [1.165, 1.54) is 0 Å². The monoisotopic (exact) mass is 221 g/mol. The van der Waals surface area contributed by atoms with Gasteiger partial charge in [-0.2, -0.15) is 0 Å². The van der Waals surface area contributed by atoms with Crippen LogP contribution in [0.5, 0.6) is 5.75 Å². The van der Waals surface area contributed by atoms with Crippen LogP contribution in [0, 0.1) is 0 Å². The lowest BCUT2D eigenvalue weighted by molar-refractivity contribution is 0.261. The van der Waals surface area contributed by atoms with Crippen molar-refractivity contribution in [3.8, 4) is 5.75 Å². The number of aliphatic hydroxyl groups is 1. The van der Waals surface area contributed by atoms with Gasteiger partial charge in [0, 0.05) is 6.54 Å². The molecule has 0 saturated heterocycles. The number of hydrogen-bond donors (Lipinski definition) is 1. The molecule has 1 aromatic rings. The zero-order valence-electron chi connectivity index (χ0n) is 9.89. The summed E-state index contributed by atoms with van der Waals surface area (Å²) in [6.45, 7) is 1.67. The molecule has 0 aromatic heterocycles.